The quantitative estimate of drug-likeness (QED) is 0.401. The number of hydrogen-bond acceptors (Lipinski definition) is 5. The van der Waals surface area contributed by atoms with Crippen LogP contribution in [0.15, 0.2) is 53.4 Å². The molecule has 1 saturated carbocycles. The second-order valence-electron chi connectivity index (χ2n) is 9.07. The number of fused-ring (bicyclic) bond motifs is 1. The van der Waals surface area contributed by atoms with Crippen LogP contribution in [-0.4, -0.2) is 39.5 Å². The van der Waals surface area contributed by atoms with Crippen LogP contribution in [0.1, 0.15) is 43.2 Å². The number of nitrogens with one attached hydrogen (secondary N) is 1. The van der Waals surface area contributed by atoms with Gasteiger partial charge in [-0.2, -0.15) is 13.2 Å². The van der Waals surface area contributed by atoms with Crippen LogP contribution in [0.3, 0.4) is 0 Å². The minimum atomic E-state index is -4.55. The van der Waals surface area contributed by atoms with Gasteiger partial charge < -0.3 is 5.32 Å². The van der Waals surface area contributed by atoms with Crippen LogP contribution in [0.25, 0.3) is 5.57 Å². The molecule has 2 aromatic rings. The summed E-state index contributed by atoms with van der Waals surface area (Å²) in [6.07, 6.45) is 0.330. The summed E-state index contributed by atoms with van der Waals surface area (Å²) < 4.78 is 39.5. The van der Waals surface area contributed by atoms with Crippen molar-refractivity contribution in [1.82, 2.24) is 4.90 Å². The van der Waals surface area contributed by atoms with Crippen LogP contribution < -0.4 is 10.2 Å². The second kappa shape index (κ2) is 9.94. The van der Waals surface area contributed by atoms with Gasteiger partial charge in [-0.3, -0.25) is 24.2 Å². The van der Waals surface area contributed by atoms with Gasteiger partial charge in [0.15, 0.2) is 0 Å². The first-order chi connectivity index (χ1) is 17.6. The van der Waals surface area contributed by atoms with Gasteiger partial charge in [0.25, 0.3) is 11.8 Å². The summed E-state index contributed by atoms with van der Waals surface area (Å²) in [5, 5.41) is 2.43. The first-order valence-corrected chi connectivity index (χ1v) is 13.1. The van der Waals surface area contributed by atoms with Crippen molar-refractivity contribution in [3.63, 3.8) is 0 Å². The molecular formula is C26H22F3N3O3S2. The largest absolute Gasteiger partial charge is 0.416 e. The van der Waals surface area contributed by atoms with Gasteiger partial charge in [0.1, 0.15) is 10.9 Å². The fraction of sp³-hybridized carbons (Fsp3) is 0.308. The van der Waals surface area contributed by atoms with E-state index in [1.54, 1.807) is 29.2 Å². The van der Waals surface area contributed by atoms with Crippen LogP contribution >= 0.6 is 24.0 Å². The summed E-state index contributed by atoms with van der Waals surface area (Å²) in [6, 6.07) is 11.1. The minimum absolute atomic E-state index is 0.0143. The number of carbonyl (C=O) groups is 3. The van der Waals surface area contributed by atoms with Gasteiger partial charge >= 0.3 is 6.18 Å². The number of thioether (sulfide) groups is 1. The Hall–Kier alpha value is -3.18. The SMILES string of the molecule is O=C(CN1C(=O)C(=C2SC(=S)N(C3CCCCC3)C2=O)c2ccccc21)Nc1cccc(C(F)(F)F)c1. The van der Waals surface area contributed by atoms with Crippen molar-refractivity contribution in [2.24, 2.45) is 0 Å². The van der Waals surface area contributed by atoms with Crippen molar-refractivity contribution in [2.45, 2.75) is 44.3 Å². The van der Waals surface area contributed by atoms with Gasteiger partial charge in [0.05, 0.1) is 21.7 Å². The molecule has 2 heterocycles. The first kappa shape index (κ1) is 25.5. The number of nitrogens with zero attached hydrogens (tertiary/aromatic N) is 2. The highest BCUT2D eigenvalue weighted by Gasteiger charge is 2.44. The third kappa shape index (κ3) is 4.89. The highest BCUT2D eigenvalue weighted by atomic mass is 32.2. The lowest BCUT2D eigenvalue weighted by molar-refractivity contribution is -0.137. The average Bonchev–Trinajstić information content (AvgIpc) is 3.31. The van der Waals surface area contributed by atoms with E-state index >= 15 is 0 Å². The van der Waals surface area contributed by atoms with Gasteiger partial charge in [0.2, 0.25) is 5.91 Å². The van der Waals surface area contributed by atoms with Crippen molar-refractivity contribution in [2.75, 3.05) is 16.8 Å². The minimum Gasteiger partial charge on any atom is -0.325 e. The topological polar surface area (TPSA) is 69.7 Å². The van der Waals surface area contributed by atoms with E-state index in [9.17, 15) is 27.6 Å². The summed E-state index contributed by atoms with van der Waals surface area (Å²) in [6.45, 7) is -0.432. The molecule has 2 fully saturated rings. The molecule has 3 amide bonds. The molecule has 37 heavy (non-hydrogen) atoms. The van der Waals surface area contributed by atoms with E-state index in [4.69, 9.17) is 12.2 Å². The lowest BCUT2D eigenvalue weighted by Gasteiger charge is -2.29. The number of rotatable bonds is 4. The predicted octanol–water partition coefficient (Wildman–Crippen LogP) is 5.59. The zero-order chi connectivity index (χ0) is 26.3. The number of alkyl halides is 3. The average molecular weight is 546 g/mol. The third-order valence-electron chi connectivity index (χ3n) is 6.66. The van der Waals surface area contributed by atoms with Crippen molar-refractivity contribution >= 4 is 63.0 Å². The number of para-hydroxylation sites is 1. The van der Waals surface area contributed by atoms with Crippen molar-refractivity contribution in [3.05, 3.63) is 64.6 Å². The van der Waals surface area contributed by atoms with Crippen molar-refractivity contribution < 1.29 is 27.6 Å². The lowest BCUT2D eigenvalue weighted by atomic mass is 9.94. The summed E-state index contributed by atoms with van der Waals surface area (Å²) >= 11 is 6.62. The molecule has 5 rings (SSSR count). The molecule has 1 N–H and O–H groups in total. The molecular weight excluding hydrogens is 523 g/mol. The Kier molecular flexibility index (Phi) is 6.84. The molecule has 192 valence electrons. The monoisotopic (exact) mass is 545 g/mol. The molecule has 2 aromatic carbocycles. The number of anilines is 2. The van der Waals surface area contributed by atoms with E-state index < -0.39 is 30.1 Å². The van der Waals surface area contributed by atoms with Gasteiger partial charge in [-0.15, -0.1) is 0 Å². The van der Waals surface area contributed by atoms with E-state index in [-0.39, 0.29) is 28.1 Å². The van der Waals surface area contributed by atoms with Gasteiger partial charge in [-0.1, -0.05) is 67.5 Å². The number of carbonyl (C=O) groups excluding carboxylic acids is 3. The number of hydrogen-bond donors (Lipinski definition) is 1. The molecule has 0 aromatic heterocycles. The van der Waals surface area contributed by atoms with Crippen LogP contribution in [-0.2, 0) is 20.6 Å². The third-order valence-corrected chi connectivity index (χ3v) is 8.07. The summed E-state index contributed by atoms with van der Waals surface area (Å²) in [7, 11) is 0. The molecule has 6 nitrogen and oxygen atoms in total. The number of halogens is 3. The molecule has 0 atom stereocenters. The summed E-state index contributed by atoms with van der Waals surface area (Å²) in [5.41, 5.74) is 0.231. The van der Waals surface area contributed by atoms with Crippen molar-refractivity contribution in [1.29, 1.82) is 0 Å². The number of benzene rings is 2. The second-order valence-corrected chi connectivity index (χ2v) is 10.7. The Bertz CT molecular complexity index is 1340. The normalized spacial score (nSPS) is 20.6. The maximum absolute atomic E-state index is 13.6. The molecule has 0 bridgehead atoms. The number of amides is 3. The zero-order valence-corrected chi connectivity index (χ0v) is 21.1. The predicted molar refractivity (Wildman–Crippen MR) is 140 cm³/mol. The van der Waals surface area contributed by atoms with E-state index in [1.807, 2.05) is 0 Å². The van der Waals surface area contributed by atoms with Crippen LogP contribution in [0, 0.1) is 0 Å². The Balaban J connectivity index is 1.41. The van der Waals surface area contributed by atoms with Crippen LogP contribution in [0.5, 0.6) is 0 Å². The Morgan fingerprint density at radius 2 is 1.76 bits per heavy atom. The smallest absolute Gasteiger partial charge is 0.325 e. The summed E-state index contributed by atoms with van der Waals surface area (Å²) in [4.78, 5) is 42.9. The van der Waals surface area contributed by atoms with E-state index in [2.05, 4.69) is 5.32 Å². The van der Waals surface area contributed by atoms with Gasteiger partial charge in [-0.25, -0.2) is 0 Å². The van der Waals surface area contributed by atoms with E-state index in [0.717, 1.165) is 56.0 Å². The molecule has 1 aliphatic carbocycles. The maximum atomic E-state index is 13.6. The molecule has 0 spiro atoms. The highest BCUT2D eigenvalue weighted by molar-refractivity contribution is 8.26. The lowest BCUT2D eigenvalue weighted by Crippen LogP contribution is -2.40. The summed E-state index contributed by atoms with van der Waals surface area (Å²) in [5.74, 6) is -1.49. The van der Waals surface area contributed by atoms with Crippen LogP contribution in [0.2, 0.25) is 0 Å². The number of thiocarbonyl (C=S) groups is 1. The fourth-order valence-electron chi connectivity index (χ4n) is 4.96. The highest BCUT2D eigenvalue weighted by Crippen LogP contribution is 2.45. The maximum Gasteiger partial charge on any atom is 0.416 e. The molecule has 11 heteroatoms. The van der Waals surface area contributed by atoms with Crippen LogP contribution in [0.4, 0.5) is 24.5 Å². The molecule has 3 aliphatic rings. The Morgan fingerprint density at radius 3 is 2.49 bits per heavy atom. The Morgan fingerprint density at radius 1 is 1.03 bits per heavy atom. The van der Waals surface area contributed by atoms with E-state index in [1.165, 1.54) is 17.0 Å². The van der Waals surface area contributed by atoms with Gasteiger partial charge in [0, 0.05) is 17.3 Å². The Labute approximate surface area is 220 Å². The molecule has 0 radical (unpaired) electrons. The standard InChI is InChI=1S/C26H22F3N3O3S2/c27-26(28,29)15-7-6-8-16(13-15)30-20(33)14-31-19-12-5-4-11-18(19)21(23(31)34)22-24(35)32(25(36)37-22)17-9-2-1-3-10-17/h4-8,11-13,17H,1-3,9-10,14H2,(H,30,33). The van der Waals surface area contributed by atoms with E-state index in [0.29, 0.717) is 15.6 Å². The molecule has 1 saturated heterocycles. The molecule has 0 unspecified atom stereocenters. The first-order valence-electron chi connectivity index (χ1n) is 11.8. The van der Waals surface area contributed by atoms with Crippen molar-refractivity contribution in [3.8, 4) is 0 Å². The van der Waals surface area contributed by atoms with Gasteiger partial charge in [-0.05, 0) is 37.1 Å². The molecule has 2 aliphatic heterocycles. The zero-order valence-electron chi connectivity index (χ0n) is 19.5. The fourth-order valence-corrected chi connectivity index (χ4v) is 6.43.